The third-order valence-electron chi connectivity index (χ3n) is 9.06. The predicted octanol–water partition coefficient (Wildman–Crippen LogP) is 12.6. The van der Waals surface area contributed by atoms with E-state index in [1.165, 1.54) is 21.9 Å². The molecule has 48 heavy (non-hydrogen) atoms. The monoisotopic (exact) mass is 614 g/mol. The van der Waals surface area contributed by atoms with Gasteiger partial charge in [-0.3, -0.25) is 0 Å². The van der Waals surface area contributed by atoms with Crippen LogP contribution in [0.2, 0.25) is 0 Å². The van der Waals surface area contributed by atoms with Crippen LogP contribution in [0.25, 0.3) is 66.4 Å². The first-order valence-corrected chi connectivity index (χ1v) is 16.2. The molecule has 0 bridgehead atoms. The van der Waals surface area contributed by atoms with Crippen LogP contribution in [-0.4, -0.2) is 4.98 Å². The molecule has 8 aromatic carbocycles. The van der Waals surface area contributed by atoms with Crippen LogP contribution in [0, 0.1) is 0 Å². The largest absolute Gasteiger partial charge is 0.435 e. The lowest BCUT2D eigenvalue weighted by atomic mass is 9.98. The normalized spacial score (nSPS) is 11.3. The summed E-state index contributed by atoms with van der Waals surface area (Å²) in [7, 11) is 0. The second kappa shape index (κ2) is 11.7. The van der Waals surface area contributed by atoms with E-state index in [-0.39, 0.29) is 0 Å². The molecular weight excluding hydrogens is 585 g/mol. The Morgan fingerprint density at radius 1 is 0.375 bits per heavy atom. The number of nitrogens with zero attached hydrogens (tertiary/aromatic N) is 2. The van der Waals surface area contributed by atoms with Crippen LogP contribution < -0.4 is 4.90 Å². The molecule has 0 aliphatic rings. The topological polar surface area (TPSA) is 29.3 Å². The second-order valence-electron chi connectivity index (χ2n) is 12.1. The maximum atomic E-state index is 6.35. The first-order valence-electron chi connectivity index (χ1n) is 16.2. The molecule has 0 N–H and O–H groups in total. The highest BCUT2D eigenvalue weighted by molar-refractivity contribution is 6.05. The number of para-hydroxylation sites is 1. The number of oxazole rings is 1. The van der Waals surface area contributed by atoms with Gasteiger partial charge in [0.1, 0.15) is 5.52 Å². The van der Waals surface area contributed by atoms with Gasteiger partial charge in [-0.1, -0.05) is 115 Å². The first kappa shape index (κ1) is 27.8. The molecule has 9 rings (SSSR count). The fourth-order valence-electron chi connectivity index (χ4n) is 6.60. The quantitative estimate of drug-likeness (QED) is 0.187. The van der Waals surface area contributed by atoms with E-state index in [0.717, 1.165) is 55.6 Å². The predicted molar refractivity (Wildman–Crippen MR) is 200 cm³/mol. The molecule has 1 aromatic heterocycles. The van der Waals surface area contributed by atoms with E-state index < -0.39 is 0 Å². The van der Waals surface area contributed by atoms with E-state index in [2.05, 4.69) is 150 Å². The number of anilines is 3. The maximum absolute atomic E-state index is 6.35. The minimum Gasteiger partial charge on any atom is -0.435 e. The summed E-state index contributed by atoms with van der Waals surface area (Å²) < 4.78 is 6.35. The van der Waals surface area contributed by atoms with E-state index in [1.807, 2.05) is 36.4 Å². The molecule has 226 valence electrons. The van der Waals surface area contributed by atoms with E-state index in [0.29, 0.717) is 5.89 Å². The number of hydrogen-bond donors (Lipinski definition) is 0. The van der Waals surface area contributed by atoms with Crippen molar-refractivity contribution in [1.82, 2.24) is 4.98 Å². The van der Waals surface area contributed by atoms with Crippen LogP contribution >= 0.6 is 0 Å². The van der Waals surface area contributed by atoms with Crippen molar-refractivity contribution in [3.05, 3.63) is 182 Å². The zero-order valence-corrected chi connectivity index (χ0v) is 26.1. The highest BCUT2D eigenvalue weighted by Crippen LogP contribution is 2.38. The zero-order chi connectivity index (χ0) is 31.9. The smallest absolute Gasteiger partial charge is 0.227 e. The summed E-state index contributed by atoms with van der Waals surface area (Å²) in [5, 5.41) is 4.56. The van der Waals surface area contributed by atoms with Gasteiger partial charge in [-0.15, -0.1) is 0 Å². The van der Waals surface area contributed by atoms with Crippen molar-refractivity contribution in [2.75, 3.05) is 4.90 Å². The molecule has 0 aliphatic heterocycles. The minimum atomic E-state index is 0.640. The zero-order valence-electron chi connectivity index (χ0n) is 26.1. The Bertz CT molecular complexity index is 2540. The van der Waals surface area contributed by atoms with E-state index in [1.54, 1.807) is 0 Å². The molecule has 0 fully saturated rings. The van der Waals surface area contributed by atoms with Gasteiger partial charge in [-0.25, -0.2) is 4.98 Å². The number of aromatic nitrogens is 1. The highest BCUT2D eigenvalue weighted by Gasteiger charge is 2.15. The summed E-state index contributed by atoms with van der Waals surface area (Å²) in [6.45, 7) is 0. The molecule has 3 nitrogen and oxygen atoms in total. The Morgan fingerprint density at radius 3 is 1.65 bits per heavy atom. The average Bonchev–Trinajstić information content (AvgIpc) is 3.61. The molecular formula is C45H30N2O. The van der Waals surface area contributed by atoms with Gasteiger partial charge in [0.2, 0.25) is 5.89 Å². The van der Waals surface area contributed by atoms with E-state index in [9.17, 15) is 0 Å². The maximum Gasteiger partial charge on any atom is 0.227 e. The summed E-state index contributed by atoms with van der Waals surface area (Å²) in [6.07, 6.45) is 0. The third kappa shape index (κ3) is 5.08. The molecule has 9 aromatic rings. The van der Waals surface area contributed by atoms with Crippen molar-refractivity contribution < 1.29 is 4.42 Å². The van der Waals surface area contributed by atoms with Crippen LogP contribution in [0.1, 0.15) is 0 Å². The standard InChI is InChI=1S/C45H30N2O/c1-4-10-31(11-5-1)32-20-24-40(25-21-32)47(39-14-8-3-9-15-39)41-26-22-36-28-35(18-19-37(36)29-41)38-17-16-33-23-27-43-44(42(33)30-38)48-45(46-43)34-12-6-2-7-13-34/h1-30H. The summed E-state index contributed by atoms with van der Waals surface area (Å²) >= 11 is 0. The molecule has 0 radical (unpaired) electrons. The molecule has 0 saturated heterocycles. The lowest BCUT2D eigenvalue weighted by Gasteiger charge is -2.26. The van der Waals surface area contributed by atoms with Crippen LogP contribution in [0.5, 0.6) is 0 Å². The van der Waals surface area contributed by atoms with Gasteiger partial charge in [0.25, 0.3) is 0 Å². The van der Waals surface area contributed by atoms with Crippen molar-refractivity contribution in [2.24, 2.45) is 0 Å². The van der Waals surface area contributed by atoms with Crippen LogP contribution in [0.15, 0.2) is 186 Å². The number of fused-ring (bicyclic) bond motifs is 4. The van der Waals surface area contributed by atoms with Gasteiger partial charge in [0.15, 0.2) is 5.58 Å². The second-order valence-corrected chi connectivity index (χ2v) is 12.1. The molecule has 3 heteroatoms. The Balaban J connectivity index is 1.08. The van der Waals surface area contributed by atoms with Crippen molar-refractivity contribution in [1.29, 1.82) is 0 Å². The third-order valence-corrected chi connectivity index (χ3v) is 9.06. The Morgan fingerprint density at radius 2 is 0.896 bits per heavy atom. The summed E-state index contributed by atoms with van der Waals surface area (Å²) in [4.78, 5) is 7.11. The SMILES string of the molecule is c1ccc(-c2ccc(N(c3ccccc3)c3ccc4cc(-c5ccc6ccc7nc(-c8ccccc8)oc7c6c5)ccc4c3)cc2)cc1. The molecule has 1 heterocycles. The average molecular weight is 615 g/mol. The van der Waals surface area contributed by atoms with Gasteiger partial charge in [-0.2, -0.15) is 0 Å². The van der Waals surface area contributed by atoms with E-state index in [4.69, 9.17) is 9.40 Å². The van der Waals surface area contributed by atoms with Crippen LogP contribution in [0.3, 0.4) is 0 Å². The lowest BCUT2D eigenvalue weighted by Crippen LogP contribution is -2.09. The Kier molecular flexibility index (Phi) is 6.80. The molecule has 0 saturated carbocycles. The van der Waals surface area contributed by atoms with Crippen LogP contribution in [0.4, 0.5) is 17.1 Å². The van der Waals surface area contributed by atoms with Gasteiger partial charge in [0, 0.05) is 28.0 Å². The van der Waals surface area contributed by atoms with E-state index >= 15 is 0 Å². The number of benzene rings is 8. The number of rotatable bonds is 6. The fraction of sp³-hybridized carbons (Fsp3) is 0. The number of hydrogen-bond acceptors (Lipinski definition) is 3. The molecule has 0 spiro atoms. The van der Waals surface area contributed by atoms with Crippen molar-refractivity contribution in [2.45, 2.75) is 0 Å². The van der Waals surface area contributed by atoms with Gasteiger partial charge < -0.3 is 9.32 Å². The fourth-order valence-corrected chi connectivity index (χ4v) is 6.60. The van der Waals surface area contributed by atoms with Gasteiger partial charge in [-0.05, 0) is 105 Å². The molecule has 0 amide bonds. The summed E-state index contributed by atoms with van der Waals surface area (Å²) in [5.41, 5.74) is 10.7. The molecule has 0 aliphatic carbocycles. The van der Waals surface area contributed by atoms with Crippen LogP contribution in [-0.2, 0) is 0 Å². The Hall–Kier alpha value is -6.45. The van der Waals surface area contributed by atoms with Crippen molar-refractivity contribution in [3.8, 4) is 33.7 Å². The van der Waals surface area contributed by atoms with Crippen molar-refractivity contribution >= 4 is 49.7 Å². The summed E-state index contributed by atoms with van der Waals surface area (Å²) in [6, 6.07) is 64.1. The Labute approximate surface area is 279 Å². The van der Waals surface area contributed by atoms with Crippen molar-refractivity contribution in [3.63, 3.8) is 0 Å². The first-order chi connectivity index (χ1) is 23.8. The van der Waals surface area contributed by atoms with Gasteiger partial charge >= 0.3 is 0 Å². The van der Waals surface area contributed by atoms with Gasteiger partial charge in [0.05, 0.1) is 0 Å². The molecule has 0 atom stereocenters. The molecule has 0 unspecified atom stereocenters. The minimum absolute atomic E-state index is 0.640. The highest BCUT2D eigenvalue weighted by atomic mass is 16.3. The lowest BCUT2D eigenvalue weighted by molar-refractivity contribution is 0.623. The summed E-state index contributed by atoms with van der Waals surface area (Å²) in [5.74, 6) is 0.640.